The molecule has 0 radical (unpaired) electrons. The third-order valence-corrected chi connectivity index (χ3v) is 4.18. The van der Waals surface area contributed by atoms with E-state index in [2.05, 4.69) is 15.9 Å². The van der Waals surface area contributed by atoms with Crippen LogP contribution in [-0.4, -0.2) is 11.9 Å². The van der Waals surface area contributed by atoms with Gasteiger partial charge in [-0.1, -0.05) is 46.3 Å². The molecular formula is C19H16BrFO3. The number of ether oxygens (including phenoxy) is 1. The Hall–Kier alpha value is -2.14. The minimum atomic E-state index is -0.479. The highest BCUT2D eigenvalue weighted by molar-refractivity contribution is 9.09. The third-order valence-electron chi connectivity index (χ3n) is 3.62. The largest absolute Gasteiger partial charge is 0.486 e. The van der Waals surface area contributed by atoms with Crippen LogP contribution in [0.15, 0.2) is 57.7 Å². The number of hydrogen-bond acceptors (Lipinski definition) is 3. The molecule has 3 nitrogen and oxygen atoms in total. The molecule has 124 valence electrons. The number of halogens is 2. The number of fused-ring (bicyclic) bond motifs is 1. The molecule has 0 fully saturated rings. The van der Waals surface area contributed by atoms with Crippen molar-refractivity contribution in [3.05, 3.63) is 64.6 Å². The molecule has 0 aliphatic carbocycles. The highest BCUT2D eigenvalue weighted by Crippen LogP contribution is 2.31. The summed E-state index contributed by atoms with van der Waals surface area (Å²) in [5.41, 5.74) is 0.734. The summed E-state index contributed by atoms with van der Waals surface area (Å²) in [6.45, 7) is 0.400. The van der Waals surface area contributed by atoms with E-state index in [1.54, 1.807) is 0 Å². The van der Waals surface area contributed by atoms with Gasteiger partial charge in [-0.25, -0.2) is 4.39 Å². The summed E-state index contributed by atoms with van der Waals surface area (Å²) in [7, 11) is 0. The molecule has 0 N–H and O–H groups in total. The predicted molar refractivity (Wildman–Crippen MR) is 96.4 cm³/mol. The van der Waals surface area contributed by atoms with E-state index < -0.39 is 5.82 Å². The second kappa shape index (κ2) is 7.62. The number of rotatable bonds is 6. The van der Waals surface area contributed by atoms with E-state index in [-0.39, 0.29) is 16.6 Å². The fraction of sp³-hybridized carbons (Fsp3) is 0.211. The number of unbranched alkanes of at least 4 members (excludes halogenated alkanes) is 1. The molecule has 5 heteroatoms. The smallest absolute Gasteiger partial charge is 0.235 e. The van der Waals surface area contributed by atoms with Gasteiger partial charge in [-0.3, -0.25) is 4.79 Å². The normalized spacial score (nSPS) is 10.9. The molecule has 0 spiro atoms. The van der Waals surface area contributed by atoms with Gasteiger partial charge < -0.3 is 9.15 Å². The van der Waals surface area contributed by atoms with Gasteiger partial charge in [0.1, 0.15) is 11.4 Å². The lowest BCUT2D eigenvalue weighted by Gasteiger charge is -2.11. The molecule has 3 rings (SSSR count). The van der Waals surface area contributed by atoms with Crippen LogP contribution < -0.4 is 10.2 Å². The first-order valence-corrected chi connectivity index (χ1v) is 8.83. The molecular weight excluding hydrogens is 375 g/mol. The van der Waals surface area contributed by atoms with E-state index >= 15 is 0 Å². The fourth-order valence-electron chi connectivity index (χ4n) is 2.43. The SMILES string of the molecule is O=c1c(OCCCCBr)c(-c2ccccc2)oc2ccc(F)cc12. The van der Waals surface area contributed by atoms with Crippen LogP contribution in [0.5, 0.6) is 5.75 Å². The van der Waals surface area contributed by atoms with Crippen LogP contribution in [-0.2, 0) is 0 Å². The first kappa shape index (κ1) is 16.7. The van der Waals surface area contributed by atoms with E-state index in [0.717, 1.165) is 23.7 Å². The molecule has 0 bridgehead atoms. The van der Waals surface area contributed by atoms with Crippen LogP contribution in [0.2, 0.25) is 0 Å². The lowest BCUT2D eigenvalue weighted by molar-refractivity contribution is 0.302. The van der Waals surface area contributed by atoms with Crippen molar-refractivity contribution in [1.82, 2.24) is 0 Å². The Kier molecular flexibility index (Phi) is 5.30. The van der Waals surface area contributed by atoms with Crippen molar-refractivity contribution in [3.8, 4) is 17.1 Å². The molecule has 1 aromatic heterocycles. The molecule has 24 heavy (non-hydrogen) atoms. The minimum Gasteiger partial charge on any atom is -0.486 e. The van der Waals surface area contributed by atoms with Gasteiger partial charge in [-0.05, 0) is 31.0 Å². The van der Waals surface area contributed by atoms with Gasteiger partial charge in [0.05, 0.1) is 12.0 Å². The van der Waals surface area contributed by atoms with Crippen molar-refractivity contribution in [2.45, 2.75) is 12.8 Å². The molecule has 3 aromatic rings. The Morgan fingerprint density at radius 1 is 1.08 bits per heavy atom. The summed E-state index contributed by atoms with van der Waals surface area (Å²) in [5, 5.41) is 1.06. The maximum absolute atomic E-state index is 13.5. The zero-order chi connectivity index (χ0) is 16.9. The standard InChI is InChI=1S/C19H16BrFO3/c20-10-4-5-11-23-19-17(22)15-12-14(21)8-9-16(15)24-18(19)13-6-2-1-3-7-13/h1-3,6-9,12H,4-5,10-11H2. The van der Waals surface area contributed by atoms with Crippen molar-refractivity contribution in [2.24, 2.45) is 0 Å². The van der Waals surface area contributed by atoms with Gasteiger partial charge >= 0.3 is 0 Å². The van der Waals surface area contributed by atoms with Crippen molar-refractivity contribution >= 4 is 26.9 Å². The predicted octanol–water partition coefficient (Wildman–Crippen LogP) is 5.15. The Morgan fingerprint density at radius 3 is 2.62 bits per heavy atom. The summed E-state index contributed by atoms with van der Waals surface area (Å²) in [5.74, 6) is 0.0277. The summed E-state index contributed by atoms with van der Waals surface area (Å²) in [6, 6.07) is 13.2. The summed E-state index contributed by atoms with van der Waals surface area (Å²) in [6.07, 6.45) is 1.74. The van der Waals surface area contributed by atoms with Crippen LogP contribution in [0.1, 0.15) is 12.8 Å². The minimum absolute atomic E-state index is 0.133. The topological polar surface area (TPSA) is 39.4 Å². The molecule has 0 unspecified atom stereocenters. The monoisotopic (exact) mass is 390 g/mol. The maximum atomic E-state index is 13.5. The van der Waals surface area contributed by atoms with Gasteiger partial charge in [0, 0.05) is 10.9 Å². The molecule has 0 saturated carbocycles. The van der Waals surface area contributed by atoms with Crippen molar-refractivity contribution < 1.29 is 13.5 Å². The Bertz CT molecular complexity index is 890. The number of benzene rings is 2. The van der Waals surface area contributed by atoms with Gasteiger partial charge in [-0.15, -0.1) is 0 Å². The molecule has 1 heterocycles. The van der Waals surface area contributed by atoms with E-state index in [9.17, 15) is 9.18 Å². The lowest BCUT2D eigenvalue weighted by atomic mass is 10.1. The molecule has 0 atom stereocenters. The average Bonchev–Trinajstić information content (AvgIpc) is 2.61. The first-order chi connectivity index (χ1) is 11.7. The van der Waals surface area contributed by atoms with Crippen molar-refractivity contribution in [1.29, 1.82) is 0 Å². The zero-order valence-corrected chi connectivity index (χ0v) is 14.5. The average molecular weight is 391 g/mol. The fourth-order valence-corrected chi connectivity index (χ4v) is 2.83. The van der Waals surface area contributed by atoms with Gasteiger partial charge in [0.25, 0.3) is 0 Å². The van der Waals surface area contributed by atoms with Gasteiger partial charge in [-0.2, -0.15) is 0 Å². The van der Waals surface area contributed by atoms with E-state index in [1.165, 1.54) is 18.2 Å². The van der Waals surface area contributed by atoms with Crippen LogP contribution in [0.3, 0.4) is 0 Å². The van der Waals surface area contributed by atoms with E-state index in [0.29, 0.717) is 18.0 Å². The quantitative estimate of drug-likeness (QED) is 0.431. The van der Waals surface area contributed by atoms with E-state index in [1.807, 2.05) is 30.3 Å². The highest BCUT2D eigenvalue weighted by atomic mass is 79.9. The molecule has 0 aliphatic rings. The molecule has 0 amide bonds. The van der Waals surface area contributed by atoms with Gasteiger partial charge in [0.2, 0.25) is 11.2 Å². The first-order valence-electron chi connectivity index (χ1n) is 7.71. The van der Waals surface area contributed by atoms with Crippen LogP contribution in [0.4, 0.5) is 4.39 Å². The summed E-state index contributed by atoms with van der Waals surface area (Å²) < 4.78 is 25.1. The lowest BCUT2D eigenvalue weighted by Crippen LogP contribution is -2.11. The Labute approximate surface area is 147 Å². The van der Waals surface area contributed by atoms with Crippen molar-refractivity contribution in [3.63, 3.8) is 0 Å². The second-order valence-electron chi connectivity index (χ2n) is 5.34. The van der Waals surface area contributed by atoms with E-state index in [4.69, 9.17) is 9.15 Å². The van der Waals surface area contributed by atoms with Crippen LogP contribution >= 0.6 is 15.9 Å². The number of alkyl halides is 1. The zero-order valence-electron chi connectivity index (χ0n) is 12.9. The summed E-state index contributed by atoms with van der Waals surface area (Å²) >= 11 is 3.36. The molecule has 0 aliphatic heterocycles. The Balaban J connectivity index is 2.13. The Morgan fingerprint density at radius 2 is 1.88 bits per heavy atom. The van der Waals surface area contributed by atoms with Crippen LogP contribution in [0.25, 0.3) is 22.3 Å². The van der Waals surface area contributed by atoms with Crippen LogP contribution in [0, 0.1) is 5.82 Å². The summed E-state index contributed by atoms with van der Waals surface area (Å²) in [4.78, 5) is 12.8. The maximum Gasteiger partial charge on any atom is 0.235 e. The second-order valence-corrected chi connectivity index (χ2v) is 6.13. The third kappa shape index (κ3) is 3.51. The van der Waals surface area contributed by atoms with Gasteiger partial charge in [0.15, 0.2) is 5.76 Å². The highest BCUT2D eigenvalue weighted by Gasteiger charge is 2.18. The molecule has 0 saturated heterocycles. The molecule has 2 aromatic carbocycles. The van der Waals surface area contributed by atoms with Crippen molar-refractivity contribution in [2.75, 3.05) is 11.9 Å². The number of hydrogen-bond donors (Lipinski definition) is 0.